The second kappa shape index (κ2) is 5.58. The van der Waals surface area contributed by atoms with Gasteiger partial charge in [-0.1, -0.05) is 55.3 Å². The monoisotopic (exact) mass is 274 g/mol. The first-order valence-corrected chi connectivity index (χ1v) is 8.26. The van der Waals surface area contributed by atoms with Crippen LogP contribution in [0.2, 0.25) is 0 Å². The Bertz CT molecular complexity index is 475. The lowest BCUT2D eigenvalue weighted by atomic mass is 9.83. The minimum Gasteiger partial charge on any atom is -0.359 e. The first-order valence-electron chi connectivity index (χ1n) is 7.27. The number of amidine groups is 1. The molecule has 1 aromatic carbocycles. The standard InChI is InChI=1S/C16H22N2S/c1-13-7-3-4-8-14(13)11-17-15-18-16(12-19-15)9-5-2-6-10-16/h3-4,7-8H,2,5-6,9-12H2,1H3,(H,17,18). The van der Waals surface area contributed by atoms with E-state index in [9.17, 15) is 0 Å². The highest BCUT2D eigenvalue weighted by Crippen LogP contribution is 2.36. The molecule has 0 aromatic heterocycles. The maximum Gasteiger partial charge on any atom is 0.157 e. The van der Waals surface area contributed by atoms with Crippen LogP contribution in [0, 0.1) is 6.92 Å². The van der Waals surface area contributed by atoms with Gasteiger partial charge in [-0.05, 0) is 30.9 Å². The average Bonchev–Trinajstić information content (AvgIpc) is 2.82. The summed E-state index contributed by atoms with van der Waals surface area (Å²) in [7, 11) is 0. The molecule has 0 amide bonds. The first kappa shape index (κ1) is 13.0. The van der Waals surface area contributed by atoms with E-state index in [1.165, 1.54) is 49.0 Å². The van der Waals surface area contributed by atoms with Gasteiger partial charge in [-0.2, -0.15) is 0 Å². The predicted molar refractivity (Wildman–Crippen MR) is 83.7 cm³/mol. The van der Waals surface area contributed by atoms with Gasteiger partial charge in [0.05, 0.1) is 6.54 Å². The van der Waals surface area contributed by atoms with E-state index in [1.807, 2.05) is 11.8 Å². The smallest absolute Gasteiger partial charge is 0.157 e. The lowest BCUT2D eigenvalue weighted by molar-refractivity contribution is 0.303. The minimum absolute atomic E-state index is 0.369. The Morgan fingerprint density at radius 2 is 2.00 bits per heavy atom. The van der Waals surface area contributed by atoms with Gasteiger partial charge in [0.1, 0.15) is 0 Å². The fraction of sp³-hybridized carbons (Fsp3) is 0.562. The van der Waals surface area contributed by atoms with Crippen LogP contribution in [0.5, 0.6) is 0 Å². The van der Waals surface area contributed by atoms with Crippen molar-refractivity contribution in [3.63, 3.8) is 0 Å². The van der Waals surface area contributed by atoms with Gasteiger partial charge >= 0.3 is 0 Å². The van der Waals surface area contributed by atoms with E-state index in [0.29, 0.717) is 5.54 Å². The van der Waals surface area contributed by atoms with Gasteiger partial charge in [-0.25, -0.2) is 0 Å². The van der Waals surface area contributed by atoms with Crippen molar-refractivity contribution in [3.8, 4) is 0 Å². The van der Waals surface area contributed by atoms with Crippen molar-refractivity contribution >= 4 is 16.9 Å². The summed E-state index contributed by atoms with van der Waals surface area (Å²) < 4.78 is 0. The topological polar surface area (TPSA) is 24.4 Å². The van der Waals surface area contributed by atoms with E-state index in [1.54, 1.807) is 0 Å². The van der Waals surface area contributed by atoms with Crippen molar-refractivity contribution in [1.82, 2.24) is 5.32 Å². The zero-order chi connectivity index (χ0) is 13.1. The van der Waals surface area contributed by atoms with Crippen molar-refractivity contribution < 1.29 is 0 Å². The van der Waals surface area contributed by atoms with E-state index < -0.39 is 0 Å². The van der Waals surface area contributed by atoms with Crippen LogP contribution in [0.15, 0.2) is 29.3 Å². The second-order valence-corrected chi connectivity index (χ2v) is 6.77. The Morgan fingerprint density at radius 3 is 2.79 bits per heavy atom. The van der Waals surface area contributed by atoms with Crippen molar-refractivity contribution in [3.05, 3.63) is 35.4 Å². The van der Waals surface area contributed by atoms with Gasteiger partial charge in [0.15, 0.2) is 5.17 Å². The van der Waals surface area contributed by atoms with Crippen LogP contribution in [0.4, 0.5) is 0 Å². The summed E-state index contributed by atoms with van der Waals surface area (Å²) in [4.78, 5) is 4.77. The Morgan fingerprint density at radius 1 is 1.21 bits per heavy atom. The normalized spacial score (nSPS) is 23.7. The van der Waals surface area contributed by atoms with E-state index in [4.69, 9.17) is 4.99 Å². The number of nitrogens with one attached hydrogen (secondary N) is 1. The SMILES string of the molecule is Cc1ccccc1CN=C1NC2(CCCCC2)CS1. The second-order valence-electron chi connectivity index (χ2n) is 5.80. The molecule has 1 saturated carbocycles. The molecular formula is C16H22N2S. The van der Waals surface area contributed by atoms with Crippen LogP contribution in [-0.2, 0) is 6.54 Å². The van der Waals surface area contributed by atoms with Gasteiger partial charge in [-0.15, -0.1) is 0 Å². The van der Waals surface area contributed by atoms with Crippen molar-refractivity contribution in [1.29, 1.82) is 0 Å². The fourth-order valence-corrected chi connectivity index (χ4v) is 4.25. The molecule has 0 atom stereocenters. The Hall–Kier alpha value is -0.960. The number of nitrogens with zero attached hydrogens (tertiary/aromatic N) is 1. The molecule has 3 rings (SSSR count). The van der Waals surface area contributed by atoms with E-state index in [0.717, 1.165) is 11.7 Å². The maximum atomic E-state index is 4.77. The molecular weight excluding hydrogens is 252 g/mol. The molecule has 1 aliphatic carbocycles. The summed E-state index contributed by atoms with van der Waals surface area (Å²) in [5.41, 5.74) is 3.04. The third-order valence-electron chi connectivity index (χ3n) is 4.32. The minimum atomic E-state index is 0.369. The van der Waals surface area contributed by atoms with Gasteiger partial charge in [-0.3, -0.25) is 4.99 Å². The van der Waals surface area contributed by atoms with Gasteiger partial charge in [0.2, 0.25) is 0 Å². The molecule has 3 heteroatoms. The van der Waals surface area contributed by atoms with Crippen LogP contribution in [0.25, 0.3) is 0 Å². The number of hydrogen-bond donors (Lipinski definition) is 1. The number of rotatable bonds is 2. The number of aliphatic imine (C=N–C) groups is 1. The quantitative estimate of drug-likeness (QED) is 0.884. The maximum absolute atomic E-state index is 4.77. The molecule has 0 bridgehead atoms. The summed E-state index contributed by atoms with van der Waals surface area (Å²) >= 11 is 1.91. The van der Waals surface area contributed by atoms with Gasteiger partial charge in [0.25, 0.3) is 0 Å². The molecule has 1 saturated heterocycles. The Kier molecular flexibility index (Phi) is 3.83. The third-order valence-corrected chi connectivity index (χ3v) is 5.52. The molecule has 1 heterocycles. The van der Waals surface area contributed by atoms with Crippen molar-refractivity contribution in [2.45, 2.75) is 51.1 Å². The molecule has 1 aromatic rings. The molecule has 2 nitrogen and oxygen atoms in total. The molecule has 0 radical (unpaired) electrons. The van der Waals surface area contributed by atoms with Crippen LogP contribution < -0.4 is 5.32 Å². The molecule has 19 heavy (non-hydrogen) atoms. The average molecular weight is 274 g/mol. The highest BCUT2D eigenvalue weighted by molar-refractivity contribution is 8.14. The zero-order valence-corrected chi connectivity index (χ0v) is 12.4. The van der Waals surface area contributed by atoms with E-state index >= 15 is 0 Å². The summed E-state index contributed by atoms with van der Waals surface area (Å²) in [6.45, 7) is 2.96. The molecule has 2 aliphatic rings. The molecule has 2 fully saturated rings. The summed E-state index contributed by atoms with van der Waals surface area (Å²) in [6.07, 6.45) is 6.80. The Labute approximate surface area is 120 Å². The number of benzene rings is 1. The summed E-state index contributed by atoms with van der Waals surface area (Å²) in [6, 6.07) is 8.52. The lowest BCUT2D eigenvalue weighted by Gasteiger charge is -2.32. The highest BCUT2D eigenvalue weighted by atomic mass is 32.2. The number of hydrogen-bond acceptors (Lipinski definition) is 2. The molecule has 1 spiro atoms. The van der Waals surface area contributed by atoms with E-state index in [2.05, 4.69) is 36.5 Å². The van der Waals surface area contributed by atoms with Crippen molar-refractivity contribution in [2.24, 2.45) is 4.99 Å². The van der Waals surface area contributed by atoms with E-state index in [-0.39, 0.29) is 0 Å². The Balaban J connectivity index is 1.64. The van der Waals surface area contributed by atoms with Gasteiger partial charge in [0, 0.05) is 11.3 Å². The highest BCUT2D eigenvalue weighted by Gasteiger charge is 2.37. The van der Waals surface area contributed by atoms with Gasteiger partial charge < -0.3 is 5.32 Å². The van der Waals surface area contributed by atoms with Crippen molar-refractivity contribution in [2.75, 3.05) is 5.75 Å². The third kappa shape index (κ3) is 2.97. The lowest BCUT2D eigenvalue weighted by Crippen LogP contribution is -2.45. The largest absolute Gasteiger partial charge is 0.359 e. The summed E-state index contributed by atoms with van der Waals surface area (Å²) in [5, 5.41) is 4.87. The van der Waals surface area contributed by atoms with Crippen LogP contribution in [0.1, 0.15) is 43.2 Å². The molecule has 102 valence electrons. The van der Waals surface area contributed by atoms with Crippen LogP contribution >= 0.6 is 11.8 Å². The summed E-state index contributed by atoms with van der Waals surface area (Å²) in [5.74, 6) is 1.21. The zero-order valence-electron chi connectivity index (χ0n) is 11.6. The molecule has 1 aliphatic heterocycles. The molecule has 1 N–H and O–H groups in total. The predicted octanol–water partition coefficient (Wildman–Crippen LogP) is 3.89. The molecule has 0 unspecified atom stereocenters. The fourth-order valence-electron chi connectivity index (χ4n) is 3.03. The number of aryl methyl sites for hydroxylation is 1. The van der Waals surface area contributed by atoms with Crippen LogP contribution in [0.3, 0.4) is 0 Å². The first-order chi connectivity index (χ1) is 9.27. The van der Waals surface area contributed by atoms with Crippen LogP contribution in [-0.4, -0.2) is 16.5 Å². The number of thioether (sulfide) groups is 1.